The van der Waals surface area contributed by atoms with Crippen LogP contribution in [0, 0.1) is 17.5 Å². The van der Waals surface area contributed by atoms with E-state index in [0.717, 1.165) is 43.2 Å². The zero-order valence-electron chi connectivity index (χ0n) is 26.1. The van der Waals surface area contributed by atoms with E-state index < -0.39 is 11.6 Å². The molecule has 0 amide bonds. The molecule has 2 nitrogen and oxygen atoms in total. The summed E-state index contributed by atoms with van der Waals surface area (Å²) in [5, 5.41) is 0. The molecule has 0 bridgehead atoms. The summed E-state index contributed by atoms with van der Waals surface area (Å²) in [5.74, 6) is -1.99. The van der Waals surface area contributed by atoms with Gasteiger partial charge in [-0.3, -0.25) is 0 Å². The van der Waals surface area contributed by atoms with Gasteiger partial charge in [0.25, 0.3) is 0 Å². The number of benzene rings is 3. The molecule has 234 valence electrons. The topological polar surface area (TPSA) is 18.5 Å². The largest absolute Gasteiger partial charge is 0.352 e. The lowest BCUT2D eigenvalue weighted by molar-refractivity contribution is -0.190. The second-order valence-electron chi connectivity index (χ2n) is 12.1. The number of aryl methyl sites for hydroxylation is 1. The lowest BCUT2D eigenvalue weighted by atomic mass is 9.94. The summed E-state index contributed by atoms with van der Waals surface area (Å²) in [4.78, 5) is 0. The van der Waals surface area contributed by atoms with Crippen LogP contribution in [-0.2, 0) is 15.9 Å². The molecule has 1 fully saturated rings. The van der Waals surface area contributed by atoms with Gasteiger partial charge in [0.1, 0.15) is 5.82 Å². The average Bonchev–Trinajstić information content (AvgIpc) is 3.03. The number of unbranched alkanes of at least 4 members (excludes halogenated alkanes) is 10. The molecule has 0 N–H and O–H groups in total. The Bertz CT molecular complexity index is 1250. The summed E-state index contributed by atoms with van der Waals surface area (Å²) in [6, 6.07) is 15.8. The second-order valence-corrected chi connectivity index (χ2v) is 12.1. The molecular weight excluding hydrogens is 545 g/mol. The maximum Gasteiger partial charge on any atom is 0.166 e. The molecule has 0 unspecified atom stereocenters. The van der Waals surface area contributed by atoms with Crippen LogP contribution < -0.4 is 0 Å². The van der Waals surface area contributed by atoms with Gasteiger partial charge in [-0.05, 0) is 59.6 Å². The Morgan fingerprint density at radius 1 is 0.605 bits per heavy atom. The van der Waals surface area contributed by atoms with Gasteiger partial charge in [-0.1, -0.05) is 127 Å². The highest BCUT2D eigenvalue weighted by Crippen LogP contribution is 2.32. The van der Waals surface area contributed by atoms with Gasteiger partial charge in [-0.2, -0.15) is 0 Å². The third-order valence-electron chi connectivity index (χ3n) is 8.69. The third-order valence-corrected chi connectivity index (χ3v) is 8.69. The predicted octanol–water partition coefficient (Wildman–Crippen LogP) is 11.5. The van der Waals surface area contributed by atoms with E-state index in [1.807, 2.05) is 18.2 Å². The SMILES string of the molecule is CCCCCCCCCc1ccc(-c2ccc(-c3ccc(C4COC(CCCCCCC)OC4)c(F)c3)cc2)c(F)c1F. The van der Waals surface area contributed by atoms with Gasteiger partial charge in [0, 0.05) is 11.5 Å². The highest BCUT2D eigenvalue weighted by Gasteiger charge is 2.25. The van der Waals surface area contributed by atoms with E-state index in [9.17, 15) is 4.39 Å². The highest BCUT2D eigenvalue weighted by atomic mass is 19.2. The standard InChI is InChI=1S/C38H49F3O2/c1-3-5-7-9-10-12-13-15-30-21-24-34(38(41)37(30)40)29-19-17-28(18-20-29)31-22-23-33(35(39)25-31)32-26-42-36(43-27-32)16-14-11-8-6-4-2/h17-25,32,36H,3-16,26-27H2,1-2H3. The number of halogens is 3. The van der Waals surface area contributed by atoms with E-state index >= 15 is 8.78 Å². The van der Waals surface area contributed by atoms with Crippen molar-refractivity contribution in [3.63, 3.8) is 0 Å². The number of rotatable bonds is 17. The first-order valence-corrected chi connectivity index (χ1v) is 16.6. The number of hydrogen-bond donors (Lipinski definition) is 0. The van der Waals surface area contributed by atoms with Crippen molar-refractivity contribution >= 4 is 0 Å². The molecule has 1 aliphatic heterocycles. The van der Waals surface area contributed by atoms with Crippen LogP contribution in [0.3, 0.4) is 0 Å². The van der Waals surface area contributed by atoms with Crippen LogP contribution in [0.1, 0.15) is 114 Å². The van der Waals surface area contributed by atoms with Gasteiger partial charge in [0.15, 0.2) is 17.9 Å². The van der Waals surface area contributed by atoms with E-state index in [2.05, 4.69) is 13.8 Å². The molecule has 0 atom stereocenters. The van der Waals surface area contributed by atoms with Crippen molar-refractivity contribution in [2.24, 2.45) is 0 Å². The van der Waals surface area contributed by atoms with Crippen molar-refractivity contribution in [3.8, 4) is 22.3 Å². The molecule has 3 aromatic carbocycles. The molecule has 1 heterocycles. The molecule has 0 saturated carbocycles. The van der Waals surface area contributed by atoms with Crippen molar-refractivity contribution in [1.29, 1.82) is 0 Å². The minimum atomic E-state index is -0.806. The van der Waals surface area contributed by atoms with Gasteiger partial charge in [0.2, 0.25) is 0 Å². The van der Waals surface area contributed by atoms with E-state index in [0.29, 0.717) is 36.3 Å². The molecule has 0 aromatic heterocycles. The van der Waals surface area contributed by atoms with Crippen molar-refractivity contribution in [2.45, 2.75) is 116 Å². The van der Waals surface area contributed by atoms with Crippen LogP contribution in [0.25, 0.3) is 22.3 Å². The molecule has 5 heteroatoms. The monoisotopic (exact) mass is 594 g/mol. The van der Waals surface area contributed by atoms with Crippen molar-refractivity contribution in [1.82, 2.24) is 0 Å². The van der Waals surface area contributed by atoms with Crippen molar-refractivity contribution < 1.29 is 22.6 Å². The molecule has 4 rings (SSSR count). The molecule has 0 spiro atoms. The minimum Gasteiger partial charge on any atom is -0.352 e. The fourth-order valence-corrected chi connectivity index (χ4v) is 5.96. The summed E-state index contributed by atoms with van der Waals surface area (Å²) in [5.41, 5.74) is 3.41. The molecule has 43 heavy (non-hydrogen) atoms. The Labute approximate surface area is 257 Å². The number of ether oxygens (including phenoxy) is 2. The maximum absolute atomic E-state index is 15.2. The van der Waals surface area contributed by atoms with Gasteiger partial charge in [0.05, 0.1) is 13.2 Å². The van der Waals surface area contributed by atoms with E-state index in [4.69, 9.17) is 9.47 Å². The lowest BCUT2D eigenvalue weighted by Crippen LogP contribution is -2.31. The summed E-state index contributed by atoms with van der Waals surface area (Å²) in [7, 11) is 0. The minimum absolute atomic E-state index is 0.139. The summed E-state index contributed by atoms with van der Waals surface area (Å²) >= 11 is 0. The smallest absolute Gasteiger partial charge is 0.166 e. The quantitative estimate of drug-likeness (QED) is 0.145. The van der Waals surface area contributed by atoms with Gasteiger partial charge in [-0.15, -0.1) is 0 Å². The molecule has 0 radical (unpaired) electrons. The Morgan fingerprint density at radius 3 is 1.84 bits per heavy atom. The predicted molar refractivity (Wildman–Crippen MR) is 171 cm³/mol. The summed E-state index contributed by atoms with van der Waals surface area (Å²) in [6.07, 6.45) is 15.2. The fraction of sp³-hybridized carbons (Fsp3) is 0.526. The molecular formula is C38H49F3O2. The van der Waals surface area contributed by atoms with Crippen LogP contribution in [0.2, 0.25) is 0 Å². The van der Waals surface area contributed by atoms with E-state index in [-0.39, 0.29) is 23.6 Å². The highest BCUT2D eigenvalue weighted by molar-refractivity contribution is 5.71. The molecule has 3 aromatic rings. The Hall–Kier alpha value is -2.63. The van der Waals surface area contributed by atoms with Crippen molar-refractivity contribution in [2.75, 3.05) is 13.2 Å². The van der Waals surface area contributed by atoms with Gasteiger partial charge in [-0.25, -0.2) is 13.2 Å². The summed E-state index contributed by atoms with van der Waals surface area (Å²) < 4.78 is 56.9. The lowest BCUT2D eigenvalue weighted by Gasteiger charge is -2.30. The number of hydrogen-bond acceptors (Lipinski definition) is 2. The molecule has 0 aliphatic carbocycles. The Balaban J connectivity index is 1.31. The Kier molecular flexibility index (Phi) is 13.6. The second kappa shape index (κ2) is 17.6. The first-order chi connectivity index (χ1) is 21.0. The van der Waals surface area contributed by atoms with Crippen molar-refractivity contribution in [3.05, 3.63) is 83.2 Å². The van der Waals surface area contributed by atoms with Gasteiger partial charge < -0.3 is 9.47 Å². The first kappa shape index (κ1) is 33.3. The third kappa shape index (κ3) is 9.68. The van der Waals surface area contributed by atoms with Crippen LogP contribution in [-0.4, -0.2) is 19.5 Å². The fourth-order valence-electron chi connectivity index (χ4n) is 5.96. The van der Waals surface area contributed by atoms with Gasteiger partial charge >= 0.3 is 0 Å². The zero-order valence-corrected chi connectivity index (χ0v) is 26.1. The zero-order chi connectivity index (χ0) is 30.4. The van der Waals surface area contributed by atoms with E-state index in [1.165, 1.54) is 57.4 Å². The van der Waals surface area contributed by atoms with Crippen LogP contribution in [0.5, 0.6) is 0 Å². The maximum atomic E-state index is 15.2. The molecule has 1 aliphatic rings. The van der Waals surface area contributed by atoms with Crippen LogP contribution in [0.15, 0.2) is 54.6 Å². The molecule has 1 saturated heterocycles. The van der Waals surface area contributed by atoms with Crippen LogP contribution >= 0.6 is 0 Å². The normalized spacial score (nSPS) is 17.0. The van der Waals surface area contributed by atoms with E-state index in [1.54, 1.807) is 30.3 Å². The average molecular weight is 595 g/mol. The Morgan fingerprint density at radius 2 is 1.19 bits per heavy atom. The van der Waals surface area contributed by atoms with Crippen LogP contribution in [0.4, 0.5) is 13.2 Å². The summed E-state index contributed by atoms with van der Waals surface area (Å²) in [6.45, 7) is 5.30. The first-order valence-electron chi connectivity index (χ1n) is 16.6.